The van der Waals surface area contributed by atoms with Crippen LogP contribution in [0.3, 0.4) is 0 Å². The van der Waals surface area contributed by atoms with Gasteiger partial charge in [0.2, 0.25) is 5.91 Å². The molecule has 0 aromatic carbocycles. The number of thioether (sulfide) groups is 1. The predicted octanol–water partition coefficient (Wildman–Crippen LogP) is 1.33. The molecule has 1 amide bonds. The first-order chi connectivity index (χ1) is 6.27. The van der Waals surface area contributed by atoms with Crippen LogP contribution in [0.25, 0.3) is 0 Å². The van der Waals surface area contributed by atoms with E-state index in [1.165, 1.54) is 0 Å². The van der Waals surface area contributed by atoms with E-state index in [1.54, 1.807) is 24.2 Å². The van der Waals surface area contributed by atoms with E-state index < -0.39 is 0 Å². The summed E-state index contributed by atoms with van der Waals surface area (Å²) in [4.78, 5) is 15.2. The van der Waals surface area contributed by atoms with Crippen molar-refractivity contribution in [2.45, 2.75) is 17.5 Å². The van der Waals surface area contributed by atoms with E-state index in [9.17, 15) is 4.79 Å². The van der Waals surface area contributed by atoms with Gasteiger partial charge in [-0.1, -0.05) is 6.07 Å². The first kappa shape index (κ1) is 8.56. The summed E-state index contributed by atoms with van der Waals surface area (Å²) in [5.74, 6) is 0.110. The van der Waals surface area contributed by atoms with Crippen molar-refractivity contribution in [2.24, 2.45) is 0 Å². The van der Waals surface area contributed by atoms with Gasteiger partial charge in [0, 0.05) is 18.0 Å². The van der Waals surface area contributed by atoms with Crippen molar-refractivity contribution in [3.05, 3.63) is 30.1 Å². The van der Waals surface area contributed by atoms with Crippen LogP contribution >= 0.6 is 11.8 Å². The molecule has 2 heterocycles. The molecular formula is C9H10N2OS. The average molecular weight is 194 g/mol. The zero-order valence-corrected chi connectivity index (χ0v) is 8.04. The summed E-state index contributed by atoms with van der Waals surface area (Å²) in [5, 5.41) is 3.03. The van der Waals surface area contributed by atoms with Gasteiger partial charge in [0.1, 0.15) is 5.37 Å². The van der Waals surface area contributed by atoms with Crippen LogP contribution in [0, 0.1) is 0 Å². The van der Waals surface area contributed by atoms with Crippen LogP contribution in [0.1, 0.15) is 17.9 Å². The van der Waals surface area contributed by atoms with Gasteiger partial charge >= 0.3 is 0 Å². The molecule has 1 aliphatic rings. The Morgan fingerprint density at radius 2 is 2.46 bits per heavy atom. The molecule has 1 aliphatic heterocycles. The first-order valence-corrected chi connectivity index (χ1v) is 5.07. The van der Waals surface area contributed by atoms with Gasteiger partial charge < -0.3 is 5.32 Å². The van der Waals surface area contributed by atoms with E-state index in [2.05, 4.69) is 10.3 Å². The Morgan fingerprint density at radius 3 is 3.00 bits per heavy atom. The molecule has 0 bridgehead atoms. The predicted molar refractivity (Wildman–Crippen MR) is 52.2 cm³/mol. The SMILES string of the molecule is C[C@@H]1S[C@H](c2cccnc2)NC1=O. The Morgan fingerprint density at radius 1 is 1.62 bits per heavy atom. The molecule has 1 saturated heterocycles. The normalized spacial score (nSPS) is 27.3. The Balaban J connectivity index is 2.17. The largest absolute Gasteiger partial charge is 0.339 e. The van der Waals surface area contributed by atoms with Crippen LogP contribution in [-0.2, 0) is 4.79 Å². The second-order valence-corrected chi connectivity index (χ2v) is 4.40. The number of hydrogen-bond acceptors (Lipinski definition) is 3. The van der Waals surface area contributed by atoms with E-state index in [0.29, 0.717) is 0 Å². The number of pyridine rings is 1. The lowest BCUT2D eigenvalue weighted by atomic mass is 10.3. The van der Waals surface area contributed by atoms with Crippen LogP contribution in [0.2, 0.25) is 0 Å². The van der Waals surface area contributed by atoms with E-state index in [4.69, 9.17) is 0 Å². The maximum atomic E-state index is 11.2. The number of amides is 1. The summed E-state index contributed by atoms with van der Waals surface area (Å²) in [6.07, 6.45) is 3.52. The Kier molecular flexibility index (Phi) is 2.22. The van der Waals surface area contributed by atoms with Crippen molar-refractivity contribution in [1.29, 1.82) is 0 Å². The highest BCUT2D eigenvalue weighted by atomic mass is 32.2. The van der Waals surface area contributed by atoms with E-state index in [-0.39, 0.29) is 16.5 Å². The standard InChI is InChI=1S/C9H10N2OS/c1-6-8(12)11-9(13-6)7-3-2-4-10-5-7/h2-6,9H,1H3,(H,11,12)/t6-,9+/m0/s1. The third-order valence-corrected chi connectivity index (χ3v) is 3.25. The third-order valence-electron chi connectivity index (χ3n) is 1.97. The minimum atomic E-state index is 0.0465. The molecule has 2 atom stereocenters. The summed E-state index contributed by atoms with van der Waals surface area (Å²) in [7, 11) is 0. The Hall–Kier alpha value is -1.03. The second-order valence-electron chi connectivity index (χ2n) is 2.95. The molecule has 4 heteroatoms. The van der Waals surface area contributed by atoms with Gasteiger partial charge in [0.05, 0.1) is 5.25 Å². The van der Waals surface area contributed by atoms with Crippen LogP contribution in [0.4, 0.5) is 0 Å². The van der Waals surface area contributed by atoms with Gasteiger partial charge in [-0.25, -0.2) is 0 Å². The van der Waals surface area contributed by atoms with Crippen LogP contribution in [-0.4, -0.2) is 16.1 Å². The lowest BCUT2D eigenvalue weighted by molar-refractivity contribution is -0.119. The average Bonchev–Trinajstić information content (AvgIpc) is 2.49. The molecule has 13 heavy (non-hydrogen) atoms. The second kappa shape index (κ2) is 3.38. The van der Waals surface area contributed by atoms with E-state index in [1.807, 2.05) is 19.1 Å². The zero-order valence-electron chi connectivity index (χ0n) is 7.23. The van der Waals surface area contributed by atoms with Crippen LogP contribution < -0.4 is 5.32 Å². The quantitative estimate of drug-likeness (QED) is 0.733. The zero-order chi connectivity index (χ0) is 9.26. The monoisotopic (exact) mass is 194 g/mol. The van der Waals surface area contributed by atoms with Crippen molar-refractivity contribution in [1.82, 2.24) is 10.3 Å². The lowest BCUT2D eigenvalue weighted by Gasteiger charge is -2.07. The molecule has 68 valence electrons. The van der Waals surface area contributed by atoms with Gasteiger partial charge in [0.15, 0.2) is 0 Å². The van der Waals surface area contributed by atoms with Crippen molar-refractivity contribution >= 4 is 17.7 Å². The van der Waals surface area contributed by atoms with Gasteiger partial charge in [-0.3, -0.25) is 9.78 Å². The molecule has 1 fully saturated rings. The highest BCUT2D eigenvalue weighted by Gasteiger charge is 2.29. The molecule has 3 nitrogen and oxygen atoms in total. The summed E-state index contributed by atoms with van der Waals surface area (Å²) >= 11 is 1.63. The third kappa shape index (κ3) is 1.67. The fourth-order valence-corrected chi connectivity index (χ4v) is 2.32. The minimum Gasteiger partial charge on any atom is -0.339 e. The van der Waals surface area contributed by atoms with Crippen molar-refractivity contribution in [3.8, 4) is 0 Å². The molecule has 0 radical (unpaired) electrons. The van der Waals surface area contributed by atoms with Gasteiger partial charge in [-0.05, 0) is 13.0 Å². The van der Waals surface area contributed by atoms with Gasteiger partial charge in [-0.2, -0.15) is 0 Å². The molecule has 0 saturated carbocycles. The maximum absolute atomic E-state index is 11.2. The Bertz CT molecular complexity index is 315. The number of aromatic nitrogens is 1. The van der Waals surface area contributed by atoms with Crippen molar-refractivity contribution < 1.29 is 4.79 Å². The number of nitrogens with one attached hydrogen (secondary N) is 1. The minimum absolute atomic E-state index is 0.0465. The van der Waals surface area contributed by atoms with Gasteiger partial charge in [0.25, 0.3) is 0 Å². The Labute approximate surface area is 80.9 Å². The molecule has 0 spiro atoms. The number of rotatable bonds is 1. The van der Waals surface area contributed by atoms with E-state index >= 15 is 0 Å². The summed E-state index contributed by atoms with van der Waals surface area (Å²) in [6.45, 7) is 1.91. The number of hydrogen-bond donors (Lipinski definition) is 1. The maximum Gasteiger partial charge on any atom is 0.234 e. The van der Waals surface area contributed by atoms with Crippen LogP contribution in [0.5, 0.6) is 0 Å². The number of nitrogens with zero attached hydrogens (tertiary/aromatic N) is 1. The smallest absolute Gasteiger partial charge is 0.234 e. The summed E-state index contributed by atoms with van der Waals surface area (Å²) in [5.41, 5.74) is 1.06. The van der Waals surface area contributed by atoms with Crippen molar-refractivity contribution in [3.63, 3.8) is 0 Å². The van der Waals surface area contributed by atoms with Gasteiger partial charge in [-0.15, -0.1) is 11.8 Å². The number of carbonyl (C=O) groups is 1. The summed E-state index contributed by atoms with van der Waals surface area (Å²) < 4.78 is 0. The molecule has 0 aliphatic carbocycles. The molecule has 0 unspecified atom stereocenters. The van der Waals surface area contributed by atoms with E-state index in [0.717, 1.165) is 5.56 Å². The fraction of sp³-hybridized carbons (Fsp3) is 0.333. The molecule has 2 rings (SSSR count). The molecule has 1 aromatic heterocycles. The highest BCUT2D eigenvalue weighted by molar-refractivity contribution is 8.01. The highest BCUT2D eigenvalue weighted by Crippen LogP contribution is 2.34. The first-order valence-electron chi connectivity index (χ1n) is 4.13. The molecular weight excluding hydrogens is 184 g/mol. The molecule has 1 N–H and O–H groups in total. The molecule has 1 aromatic rings. The fourth-order valence-electron chi connectivity index (χ4n) is 1.24. The lowest BCUT2D eigenvalue weighted by Crippen LogP contribution is -2.22. The van der Waals surface area contributed by atoms with Crippen LogP contribution in [0.15, 0.2) is 24.5 Å². The van der Waals surface area contributed by atoms with Crippen molar-refractivity contribution in [2.75, 3.05) is 0 Å². The summed E-state index contributed by atoms with van der Waals surface area (Å²) in [6, 6.07) is 3.86. The topological polar surface area (TPSA) is 42.0 Å². The number of carbonyl (C=O) groups excluding carboxylic acids is 1.